The lowest BCUT2D eigenvalue weighted by atomic mass is 9.69. The van der Waals surface area contributed by atoms with Crippen molar-refractivity contribution in [2.45, 2.75) is 51.5 Å². The number of hydrogen-bond acceptors (Lipinski definition) is 1. The molecule has 1 N–H and O–H groups in total. The van der Waals surface area contributed by atoms with E-state index in [0.29, 0.717) is 6.04 Å². The third kappa shape index (κ3) is 2.94. The van der Waals surface area contributed by atoms with Crippen molar-refractivity contribution < 1.29 is 0 Å². The monoisotopic (exact) mass is 243 g/mol. The van der Waals surface area contributed by atoms with Crippen molar-refractivity contribution in [2.75, 3.05) is 6.54 Å². The molecule has 1 aromatic carbocycles. The highest BCUT2D eigenvalue weighted by atomic mass is 14.9. The highest BCUT2D eigenvalue weighted by molar-refractivity contribution is 5.28. The Labute approximate surface area is 112 Å². The molecule has 1 rings (SSSR count). The van der Waals surface area contributed by atoms with Gasteiger partial charge in [-0.1, -0.05) is 51.1 Å². The van der Waals surface area contributed by atoms with Crippen molar-refractivity contribution in [1.82, 2.24) is 5.32 Å². The first kappa shape index (κ1) is 14.8. The maximum atomic E-state index is 5.55. The quantitative estimate of drug-likeness (QED) is 0.719. The van der Waals surface area contributed by atoms with E-state index >= 15 is 0 Å². The smallest absolute Gasteiger partial charge is 0.0273 e. The van der Waals surface area contributed by atoms with Crippen LogP contribution in [0.25, 0.3) is 0 Å². The van der Waals surface area contributed by atoms with Crippen LogP contribution in [-0.4, -0.2) is 12.6 Å². The third-order valence-corrected chi connectivity index (χ3v) is 4.05. The van der Waals surface area contributed by atoms with Crippen molar-refractivity contribution in [3.05, 3.63) is 35.9 Å². The van der Waals surface area contributed by atoms with Crippen LogP contribution >= 0.6 is 0 Å². The Balaban J connectivity index is 3.16. The van der Waals surface area contributed by atoms with Crippen molar-refractivity contribution in [3.8, 4) is 12.3 Å². The van der Waals surface area contributed by atoms with Gasteiger partial charge in [0.15, 0.2) is 0 Å². The lowest BCUT2D eigenvalue weighted by molar-refractivity contribution is 0.277. The summed E-state index contributed by atoms with van der Waals surface area (Å²) in [6.45, 7) is 7.63. The summed E-state index contributed by atoms with van der Waals surface area (Å²) in [4.78, 5) is 0. The zero-order valence-corrected chi connectivity index (χ0v) is 11.9. The Kier molecular flexibility index (Phi) is 5.95. The van der Waals surface area contributed by atoms with Gasteiger partial charge in [0.05, 0.1) is 0 Å². The maximum absolute atomic E-state index is 5.55. The molecule has 0 aliphatic heterocycles. The average Bonchev–Trinajstić information content (AvgIpc) is 2.42. The van der Waals surface area contributed by atoms with E-state index in [9.17, 15) is 0 Å². The summed E-state index contributed by atoms with van der Waals surface area (Å²) in [6.07, 6.45) is 8.54. The molecule has 0 bridgehead atoms. The van der Waals surface area contributed by atoms with Gasteiger partial charge in [0.25, 0.3) is 0 Å². The van der Waals surface area contributed by atoms with Crippen LogP contribution < -0.4 is 5.32 Å². The van der Waals surface area contributed by atoms with Gasteiger partial charge < -0.3 is 5.32 Å². The van der Waals surface area contributed by atoms with Crippen molar-refractivity contribution in [2.24, 2.45) is 0 Å². The van der Waals surface area contributed by atoms with Crippen molar-refractivity contribution in [3.63, 3.8) is 0 Å². The van der Waals surface area contributed by atoms with Gasteiger partial charge in [-0.3, -0.25) is 0 Å². The minimum absolute atomic E-state index is 0.142. The molecule has 0 spiro atoms. The summed E-state index contributed by atoms with van der Waals surface area (Å²) in [7, 11) is 0. The molecule has 0 amide bonds. The third-order valence-electron chi connectivity index (χ3n) is 4.05. The zero-order valence-electron chi connectivity index (χ0n) is 11.9. The standard InChI is InChI=1S/C17H25N/c1-5-12-16(18-8-4)17(6-2,7-3)15-13-10-9-11-14-15/h1,9-11,13-14,16,18H,6-8,12H2,2-4H3. The minimum Gasteiger partial charge on any atom is -0.312 e. The molecule has 1 heteroatoms. The van der Waals surface area contributed by atoms with Crippen LogP contribution in [0.3, 0.4) is 0 Å². The molecule has 0 radical (unpaired) electrons. The van der Waals surface area contributed by atoms with E-state index in [2.05, 4.69) is 62.3 Å². The lowest BCUT2D eigenvalue weighted by Crippen LogP contribution is -2.47. The van der Waals surface area contributed by atoms with Crippen LogP contribution in [0, 0.1) is 12.3 Å². The van der Waals surface area contributed by atoms with Crippen molar-refractivity contribution in [1.29, 1.82) is 0 Å². The van der Waals surface area contributed by atoms with E-state index in [4.69, 9.17) is 6.42 Å². The zero-order chi connectivity index (χ0) is 13.4. The summed E-state index contributed by atoms with van der Waals surface area (Å²) in [5, 5.41) is 3.58. The molecule has 1 nitrogen and oxygen atoms in total. The second-order valence-corrected chi connectivity index (χ2v) is 4.75. The molecule has 98 valence electrons. The number of benzene rings is 1. The molecular formula is C17H25N. The van der Waals surface area contributed by atoms with Gasteiger partial charge in [-0.15, -0.1) is 12.3 Å². The largest absolute Gasteiger partial charge is 0.312 e. The fourth-order valence-corrected chi connectivity index (χ4v) is 2.95. The lowest BCUT2D eigenvalue weighted by Gasteiger charge is -2.40. The second kappa shape index (κ2) is 7.24. The molecule has 0 aromatic heterocycles. The van der Waals surface area contributed by atoms with Crippen LogP contribution in [0.5, 0.6) is 0 Å². The Morgan fingerprint density at radius 2 is 1.78 bits per heavy atom. The molecule has 1 aromatic rings. The van der Waals surface area contributed by atoms with Gasteiger partial charge in [-0.2, -0.15) is 0 Å². The second-order valence-electron chi connectivity index (χ2n) is 4.75. The number of terminal acetylenes is 1. The average molecular weight is 243 g/mol. The Hall–Kier alpha value is -1.26. The van der Waals surface area contributed by atoms with E-state index in [-0.39, 0.29) is 5.41 Å². The predicted octanol–water partition coefficient (Wildman–Crippen LogP) is 3.75. The summed E-state index contributed by atoms with van der Waals surface area (Å²) in [6, 6.07) is 11.1. The SMILES string of the molecule is C#CCC(NCC)C(CC)(CC)c1ccccc1. The van der Waals surface area contributed by atoms with Crippen molar-refractivity contribution >= 4 is 0 Å². The number of hydrogen-bond donors (Lipinski definition) is 1. The van der Waals surface area contributed by atoms with Gasteiger partial charge >= 0.3 is 0 Å². The van der Waals surface area contributed by atoms with E-state index in [1.807, 2.05) is 0 Å². The van der Waals surface area contributed by atoms with Crippen LogP contribution in [0.2, 0.25) is 0 Å². The first-order chi connectivity index (χ1) is 8.75. The van der Waals surface area contributed by atoms with E-state index in [0.717, 1.165) is 25.8 Å². The fraction of sp³-hybridized carbons (Fsp3) is 0.529. The van der Waals surface area contributed by atoms with Gasteiger partial charge in [0, 0.05) is 17.9 Å². The van der Waals surface area contributed by atoms with Gasteiger partial charge in [0.1, 0.15) is 0 Å². The van der Waals surface area contributed by atoms with E-state index in [1.54, 1.807) is 0 Å². The Morgan fingerprint density at radius 3 is 2.22 bits per heavy atom. The Bertz CT molecular complexity index is 370. The molecule has 1 unspecified atom stereocenters. The van der Waals surface area contributed by atoms with E-state index in [1.165, 1.54) is 5.56 Å². The summed E-state index contributed by atoms with van der Waals surface area (Å²) < 4.78 is 0. The predicted molar refractivity (Wildman–Crippen MR) is 79.6 cm³/mol. The topological polar surface area (TPSA) is 12.0 Å². The number of rotatable bonds is 7. The van der Waals surface area contributed by atoms with Crippen LogP contribution in [0.1, 0.15) is 45.6 Å². The highest BCUT2D eigenvalue weighted by Crippen LogP contribution is 2.36. The fourth-order valence-electron chi connectivity index (χ4n) is 2.95. The van der Waals surface area contributed by atoms with Gasteiger partial charge in [0.2, 0.25) is 0 Å². The minimum atomic E-state index is 0.142. The molecule has 0 saturated carbocycles. The molecule has 0 aliphatic carbocycles. The summed E-state index contributed by atoms with van der Waals surface area (Å²) in [5.74, 6) is 2.83. The normalized spacial score (nSPS) is 13.0. The van der Waals surface area contributed by atoms with Crippen LogP contribution in [0.4, 0.5) is 0 Å². The molecule has 1 atom stereocenters. The van der Waals surface area contributed by atoms with Gasteiger partial charge in [-0.25, -0.2) is 0 Å². The molecule has 0 heterocycles. The van der Waals surface area contributed by atoms with E-state index < -0.39 is 0 Å². The highest BCUT2D eigenvalue weighted by Gasteiger charge is 2.36. The molecule has 18 heavy (non-hydrogen) atoms. The molecule has 0 aliphatic rings. The molecule has 0 fully saturated rings. The summed E-state index contributed by atoms with van der Waals surface area (Å²) >= 11 is 0. The van der Waals surface area contributed by atoms with Gasteiger partial charge in [-0.05, 0) is 24.9 Å². The first-order valence-electron chi connectivity index (χ1n) is 6.97. The van der Waals surface area contributed by atoms with Crippen LogP contribution in [0.15, 0.2) is 30.3 Å². The number of likely N-dealkylation sites (N-methyl/N-ethyl adjacent to an activating group) is 1. The summed E-state index contributed by atoms with van der Waals surface area (Å²) in [5.41, 5.74) is 1.54. The molecule has 0 saturated heterocycles. The maximum Gasteiger partial charge on any atom is 0.0273 e. The first-order valence-corrected chi connectivity index (χ1v) is 6.97. The Morgan fingerprint density at radius 1 is 1.17 bits per heavy atom. The molecular weight excluding hydrogens is 218 g/mol. The van der Waals surface area contributed by atoms with Crippen LogP contribution in [-0.2, 0) is 5.41 Å². The number of nitrogens with one attached hydrogen (secondary N) is 1.